The van der Waals surface area contributed by atoms with Gasteiger partial charge in [-0.1, -0.05) is 23.8 Å². The van der Waals surface area contributed by atoms with Crippen LogP contribution in [-0.4, -0.2) is 15.3 Å². The Hall–Kier alpha value is -1.90. The molecule has 1 aromatic carbocycles. The highest BCUT2D eigenvalue weighted by molar-refractivity contribution is 5.97. The molecule has 82 valence electrons. The molecule has 0 aliphatic heterocycles. The number of Topliss-reactive ketones (excluding diaryl/α,β-unsaturated/α-hetero) is 1. The topological polar surface area (TPSA) is 34.9 Å². The lowest BCUT2D eigenvalue weighted by Crippen LogP contribution is -2.10. The zero-order valence-corrected chi connectivity index (χ0v) is 9.47. The average Bonchev–Trinajstić information content (AvgIpc) is 2.70. The molecule has 1 aromatic heterocycles. The van der Waals surface area contributed by atoms with Crippen LogP contribution < -0.4 is 0 Å². The molecule has 0 unspecified atom stereocenters. The van der Waals surface area contributed by atoms with E-state index in [1.165, 1.54) is 5.56 Å². The highest BCUT2D eigenvalue weighted by atomic mass is 16.1. The summed E-state index contributed by atoms with van der Waals surface area (Å²) in [6.45, 7) is 4.34. The Balaban J connectivity index is 2.21. The second-order valence-corrected chi connectivity index (χ2v) is 3.98. The molecule has 2 aromatic rings. The highest BCUT2D eigenvalue weighted by Crippen LogP contribution is 2.12. The number of hydrogen-bond acceptors (Lipinski definition) is 2. The van der Waals surface area contributed by atoms with Gasteiger partial charge in [-0.15, -0.1) is 0 Å². The Bertz CT molecular complexity index is 501. The normalized spacial score (nSPS) is 10.4. The second kappa shape index (κ2) is 4.31. The van der Waals surface area contributed by atoms with Gasteiger partial charge in [-0.2, -0.15) is 0 Å². The van der Waals surface area contributed by atoms with Crippen LogP contribution in [0.2, 0.25) is 0 Å². The van der Waals surface area contributed by atoms with Crippen LogP contribution in [0.3, 0.4) is 0 Å². The van der Waals surface area contributed by atoms with Gasteiger partial charge in [-0.25, -0.2) is 4.98 Å². The molecule has 0 saturated carbocycles. The van der Waals surface area contributed by atoms with Crippen LogP contribution in [-0.2, 0) is 6.54 Å². The summed E-state index contributed by atoms with van der Waals surface area (Å²) in [5.41, 5.74) is 3.00. The minimum absolute atomic E-state index is 0.121. The van der Waals surface area contributed by atoms with Gasteiger partial charge in [0.1, 0.15) is 0 Å². The Labute approximate surface area is 94.7 Å². The highest BCUT2D eigenvalue weighted by Gasteiger charge is 2.09. The standard InChI is InChI=1S/C13H14N2O/c1-10-3-4-12(11(2)7-10)13(16)8-15-6-5-14-9-15/h3-7,9H,8H2,1-2H3. The monoisotopic (exact) mass is 214 g/mol. The molecule has 0 amide bonds. The van der Waals surface area contributed by atoms with Crippen molar-refractivity contribution in [3.63, 3.8) is 0 Å². The van der Waals surface area contributed by atoms with Crippen molar-refractivity contribution in [3.05, 3.63) is 53.6 Å². The van der Waals surface area contributed by atoms with E-state index in [4.69, 9.17) is 0 Å². The van der Waals surface area contributed by atoms with Crippen molar-refractivity contribution in [2.45, 2.75) is 20.4 Å². The lowest BCUT2D eigenvalue weighted by atomic mass is 10.0. The number of imidazole rings is 1. The number of carbonyl (C=O) groups excluding carboxylic acids is 1. The van der Waals surface area contributed by atoms with E-state index >= 15 is 0 Å². The van der Waals surface area contributed by atoms with Crippen molar-refractivity contribution in [2.24, 2.45) is 0 Å². The molecule has 2 rings (SSSR count). The molecule has 3 nitrogen and oxygen atoms in total. The van der Waals surface area contributed by atoms with E-state index in [1.54, 1.807) is 23.3 Å². The van der Waals surface area contributed by atoms with Crippen LogP contribution in [0.1, 0.15) is 21.5 Å². The van der Waals surface area contributed by atoms with Crippen LogP contribution in [0, 0.1) is 13.8 Å². The predicted molar refractivity (Wildman–Crippen MR) is 62.5 cm³/mol. The zero-order valence-electron chi connectivity index (χ0n) is 9.47. The molecular formula is C13H14N2O. The maximum Gasteiger partial charge on any atom is 0.182 e. The fourth-order valence-electron chi connectivity index (χ4n) is 1.76. The lowest BCUT2D eigenvalue weighted by Gasteiger charge is -2.06. The maximum absolute atomic E-state index is 12.0. The summed E-state index contributed by atoms with van der Waals surface area (Å²) in [7, 11) is 0. The second-order valence-electron chi connectivity index (χ2n) is 3.98. The zero-order chi connectivity index (χ0) is 11.5. The van der Waals surface area contributed by atoms with Gasteiger partial charge in [-0.05, 0) is 19.4 Å². The third-order valence-corrected chi connectivity index (χ3v) is 2.57. The van der Waals surface area contributed by atoms with Crippen molar-refractivity contribution in [2.75, 3.05) is 0 Å². The van der Waals surface area contributed by atoms with E-state index in [0.717, 1.165) is 11.1 Å². The number of rotatable bonds is 3. The number of ketones is 1. The number of aryl methyl sites for hydroxylation is 2. The van der Waals surface area contributed by atoms with Crippen molar-refractivity contribution < 1.29 is 4.79 Å². The van der Waals surface area contributed by atoms with Crippen LogP contribution in [0.15, 0.2) is 36.9 Å². The molecule has 0 fully saturated rings. The van der Waals surface area contributed by atoms with Gasteiger partial charge < -0.3 is 4.57 Å². The van der Waals surface area contributed by atoms with E-state index < -0.39 is 0 Å². The van der Waals surface area contributed by atoms with Crippen LogP contribution in [0.25, 0.3) is 0 Å². The van der Waals surface area contributed by atoms with Crippen LogP contribution >= 0.6 is 0 Å². The summed E-state index contributed by atoms with van der Waals surface area (Å²) in [6.07, 6.45) is 5.12. The Morgan fingerprint density at radius 3 is 2.81 bits per heavy atom. The fraction of sp³-hybridized carbons (Fsp3) is 0.231. The first-order chi connectivity index (χ1) is 7.66. The lowest BCUT2D eigenvalue weighted by molar-refractivity contribution is 0.0971. The van der Waals surface area contributed by atoms with Gasteiger partial charge in [0, 0.05) is 18.0 Å². The molecular weight excluding hydrogens is 200 g/mol. The fourth-order valence-corrected chi connectivity index (χ4v) is 1.76. The molecule has 16 heavy (non-hydrogen) atoms. The van der Waals surface area contributed by atoms with Gasteiger partial charge >= 0.3 is 0 Å². The SMILES string of the molecule is Cc1ccc(C(=O)Cn2ccnc2)c(C)c1. The molecule has 0 aliphatic rings. The molecule has 0 bridgehead atoms. The third kappa shape index (κ3) is 2.19. The number of hydrogen-bond donors (Lipinski definition) is 0. The summed E-state index contributed by atoms with van der Waals surface area (Å²) in [4.78, 5) is 15.9. The summed E-state index contributed by atoms with van der Waals surface area (Å²) in [5.74, 6) is 0.121. The number of carbonyl (C=O) groups is 1. The first-order valence-corrected chi connectivity index (χ1v) is 5.23. The molecule has 0 radical (unpaired) electrons. The van der Waals surface area contributed by atoms with Crippen LogP contribution in [0.4, 0.5) is 0 Å². The van der Waals surface area contributed by atoms with Crippen molar-refractivity contribution in [1.82, 2.24) is 9.55 Å². The molecule has 0 saturated heterocycles. The number of nitrogens with zero attached hydrogens (tertiary/aromatic N) is 2. The molecule has 0 N–H and O–H groups in total. The van der Waals surface area contributed by atoms with Gasteiger partial charge in [-0.3, -0.25) is 4.79 Å². The van der Waals surface area contributed by atoms with Crippen molar-refractivity contribution >= 4 is 5.78 Å². The molecule has 0 atom stereocenters. The van der Waals surface area contributed by atoms with E-state index in [-0.39, 0.29) is 5.78 Å². The van der Waals surface area contributed by atoms with E-state index in [0.29, 0.717) is 6.54 Å². The van der Waals surface area contributed by atoms with Gasteiger partial charge in [0.2, 0.25) is 0 Å². The van der Waals surface area contributed by atoms with Crippen molar-refractivity contribution in [1.29, 1.82) is 0 Å². The molecule has 0 aliphatic carbocycles. The first-order valence-electron chi connectivity index (χ1n) is 5.23. The molecule has 0 spiro atoms. The minimum atomic E-state index is 0.121. The summed E-state index contributed by atoms with van der Waals surface area (Å²) in [6, 6.07) is 5.89. The summed E-state index contributed by atoms with van der Waals surface area (Å²) < 4.78 is 1.78. The number of aromatic nitrogens is 2. The van der Waals surface area contributed by atoms with Gasteiger partial charge in [0.05, 0.1) is 12.9 Å². The Morgan fingerprint density at radius 1 is 1.38 bits per heavy atom. The van der Waals surface area contributed by atoms with Crippen LogP contribution in [0.5, 0.6) is 0 Å². The summed E-state index contributed by atoms with van der Waals surface area (Å²) >= 11 is 0. The van der Waals surface area contributed by atoms with Crippen molar-refractivity contribution in [3.8, 4) is 0 Å². The van der Waals surface area contributed by atoms with E-state index in [9.17, 15) is 4.79 Å². The third-order valence-electron chi connectivity index (χ3n) is 2.57. The quantitative estimate of drug-likeness (QED) is 0.735. The molecule has 3 heteroatoms. The maximum atomic E-state index is 12.0. The average molecular weight is 214 g/mol. The first kappa shape index (κ1) is 10.6. The number of benzene rings is 1. The molecule has 1 heterocycles. The Morgan fingerprint density at radius 2 is 2.19 bits per heavy atom. The largest absolute Gasteiger partial charge is 0.330 e. The smallest absolute Gasteiger partial charge is 0.182 e. The minimum Gasteiger partial charge on any atom is -0.330 e. The van der Waals surface area contributed by atoms with Gasteiger partial charge in [0.25, 0.3) is 0 Å². The van der Waals surface area contributed by atoms with E-state index in [1.807, 2.05) is 32.0 Å². The predicted octanol–water partition coefficient (Wildman–Crippen LogP) is 2.38. The van der Waals surface area contributed by atoms with E-state index in [2.05, 4.69) is 4.98 Å². The summed E-state index contributed by atoms with van der Waals surface area (Å²) in [5, 5.41) is 0. The Kier molecular flexibility index (Phi) is 2.86. The van der Waals surface area contributed by atoms with Gasteiger partial charge in [0.15, 0.2) is 5.78 Å².